The zero-order chi connectivity index (χ0) is 20.7. The van der Waals surface area contributed by atoms with Crippen LogP contribution in [0.15, 0.2) is 23.2 Å². The maximum Gasteiger partial charge on any atom is 0.191 e. The molecule has 29 heavy (non-hydrogen) atoms. The summed E-state index contributed by atoms with van der Waals surface area (Å²) in [5.74, 6) is 1.33. The molecule has 0 aliphatic carbocycles. The highest BCUT2D eigenvalue weighted by Gasteiger charge is 2.14. The van der Waals surface area contributed by atoms with Crippen LogP contribution < -0.4 is 15.4 Å². The van der Waals surface area contributed by atoms with Gasteiger partial charge in [0.15, 0.2) is 5.96 Å². The van der Waals surface area contributed by atoms with Crippen LogP contribution in [0.1, 0.15) is 30.8 Å². The Morgan fingerprint density at radius 2 is 2.03 bits per heavy atom. The van der Waals surface area contributed by atoms with Gasteiger partial charge in [-0.3, -0.25) is 4.68 Å². The average Bonchev–Trinajstić information content (AvgIpc) is 2.88. The third kappa shape index (κ3) is 7.53. The first kappa shape index (κ1) is 25.8. The minimum absolute atomic E-state index is 0. The van der Waals surface area contributed by atoms with E-state index in [4.69, 9.17) is 27.9 Å². The van der Waals surface area contributed by atoms with Gasteiger partial charge in [-0.1, -0.05) is 29.3 Å². The topological polar surface area (TPSA) is 63.5 Å². The fourth-order valence-corrected chi connectivity index (χ4v) is 3.28. The molecule has 2 N–H and O–H groups in total. The lowest BCUT2D eigenvalue weighted by Gasteiger charge is -2.18. The summed E-state index contributed by atoms with van der Waals surface area (Å²) < 4.78 is 7.62. The van der Waals surface area contributed by atoms with Crippen molar-refractivity contribution in [3.8, 4) is 5.75 Å². The lowest BCUT2D eigenvalue weighted by atomic mass is 10.1. The quantitative estimate of drug-likeness (QED) is 0.218. The second-order valence-electron chi connectivity index (χ2n) is 6.68. The number of aryl methyl sites for hydroxylation is 2. The zero-order valence-electron chi connectivity index (χ0n) is 17.6. The molecule has 6 nitrogen and oxygen atoms in total. The lowest BCUT2D eigenvalue weighted by molar-refractivity contribution is 0.328. The van der Waals surface area contributed by atoms with Gasteiger partial charge in [0.2, 0.25) is 0 Å². The van der Waals surface area contributed by atoms with Gasteiger partial charge in [-0.05, 0) is 51.8 Å². The Bertz CT molecular complexity index is 825. The fraction of sp³-hybridized carbons (Fsp3) is 0.500. The molecule has 0 bridgehead atoms. The van der Waals surface area contributed by atoms with Gasteiger partial charge in [-0.2, -0.15) is 5.10 Å². The summed E-state index contributed by atoms with van der Waals surface area (Å²) in [6.07, 6.45) is 0.880. The number of aromatic nitrogens is 2. The van der Waals surface area contributed by atoms with Crippen LogP contribution >= 0.6 is 47.2 Å². The number of rotatable bonds is 8. The van der Waals surface area contributed by atoms with Crippen molar-refractivity contribution < 1.29 is 4.74 Å². The molecule has 9 heteroatoms. The second-order valence-corrected chi connectivity index (χ2v) is 7.47. The van der Waals surface area contributed by atoms with E-state index in [1.807, 2.05) is 31.6 Å². The van der Waals surface area contributed by atoms with Crippen molar-refractivity contribution >= 4 is 53.1 Å². The fourth-order valence-electron chi connectivity index (χ4n) is 2.93. The molecule has 0 fully saturated rings. The van der Waals surface area contributed by atoms with Crippen LogP contribution in [0, 0.1) is 13.8 Å². The normalized spacial score (nSPS) is 12.3. The van der Waals surface area contributed by atoms with E-state index in [9.17, 15) is 0 Å². The highest BCUT2D eigenvalue weighted by atomic mass is 127. The first-order chi connectivity index (χ1) is 13.3. The van der Waals surface area contributed by atoms with Gasteiger partial charge >= 0.3 is 0 Å². The van der Waals surface area contributed by atoms with Crippen molar-refractivity contribution in [3.63, 3.8) is 0 Å². The molecule has 2 aromatic rings. The Labute approximate surface area is 200 Å². The van der Waals surface area contributed by atoms with Crippen molar-refractivity contribution in [1.29, 1.82) is 0 Å². The Morgan fingerprint density at radius 1 is 1.31 bits per heavy atom. The van der Waals surface area contributed by atoms with Gasteiger partial charge in [0.1, 0.15) is 17.4 Å². The van der Waals surface area contributed by atoms with E-state index in [1.54, 1.807) is 12.1 Å². The molecule has 0 radical (unpaired) electrons. The lowest BCUT2D eigenvalue weighted by Crippen LogP contribution is -2.43. The van der Waals surface area contributed by atoms with E-state index in [0.717, 1.165) is 24.6 Å². The minimum Gasteiger partial charge on any atom is -0.490 e. The van der Waals surface area contributed by atoms with Crippen LogP contribution in [-0.4, -0.2) is 41.5 Å². The molecule has 0 aliphatic rings. The molecule has 0 saturated carbocycles. The van der Waals surface area contributed by atoms with Gasteiger partial charge in [0.05, 0.1) is 17.3 Å². The molecule has 162 valence electrons. The third-order valence-corrected chi connectivity index (χ3v) is 5.23. The molecule has 1 unspecified atom stereocenters. The number of aliphatic imine (C=N–C) groups is 1. The molecule has 2 rings (SSSR count). The van der Waals surface area contributed by atoms with Crippen LogP contribution in [0.5, 0.6) is 5.75 Å². The number of guanidine groups is 1. The smallest absolute Gasteiger partial charge is 0.191 e. The van der Waals surface area contributed by atoms with Crippen LogP contribution in [-0.2, 0) is 13.5 Å². The van der Waals surface area contributed by atoms with Gasteiger partial charge in [0.25, 0.3) is 0 Å². The molecular formula is C20H30Cl2IN5O. The van der Waals surface area contributed by atoms with Crippen molar-refractivity contribution in [1.82, 2.24) is 20.4 Å². The van der Waals surface area contributed by atoms with E-state index in [2.05, 4.69) is 34.6 Å². The molecule has 1 atom stereocenters. The van der Waals surface area contributed by atoms with Gasteiger partial charge < -0.3 is 15.4 Å². The largest absolute Gasteiger partial charge is 0.490 e. The van der Waals surface area contributed by atoms with Gasteiger partial charge in [-0.15, -0.1) is 24.0 Å². The van der Waals surface area contributed by atoms with Crippen LogP contribution in [0.3, 0.4) is 0 Å². The molecule has 0 amide bonds. The monoisotopic (exact) mass is 553 g/mol. The predicted molar refractivity (Wildman–Crippen MR) is 132 cm³/mol. The predicted octanol–water partition coefficient (Wildman–Crippen LogP) is 4.53. The van der Waals surface area contributed by atoms with Gasteiger partial charge in [0, 0.05) is 25.3 Å². The maximum absolute atomic E-state index is 6.13. The van der Waals surface area contributed by atoms with Crippen LogP contribution in [0.4, 0.5) is 0 Å². The Morgan fingerprint density at radius 3 is 2.66 bits per heavy atom. The average molecular weight is 554 g/mol. The van der Waals surface area contributed by atoms with Crippen molar-refractivity contribution in [2.75, 3.05) is 19.7 Å². The second kappa shape index (κ2) is 12.5. The number of benzene rings is 1. The summed E-state index contributed by atoms with van der Waals surface area (Å²) in [5, 5.41) is 12.1. The SMILES string of the molecule is CCNC(=NCCOc1cccc(Cl)c1Cl)NC(C)Cc1c(C)nn(C)c1C.I. The number of ether oxygens (including phenoxy) is 1. The highest BCUT2D eigenvalue weighted by molar-refractivity contribution is 14.0. The Kier molecular flexibility index (Phi) is 11.1. The molecule has 1 aromatic carbocycles. The third-order valence-electron chi connectivity index (χ3n) is 4.43. The van der Waals surface area contributed by atoms with Crippen molar-refractivity contribution in [3.05, 3.63) is 45.2 Å². The molecule has 0 spiro atoms. The first-order valence-electron chi connectivity index (χ1n) is 9.44. The van der Waals surface area contributed by atoms with E-state index < -0.39 is 0 Å². The summed E-state index contributed by atoms with van der Waals surface area (Å²) >= 11 is 12.1. The molecule has 0 aliphatic heterocycles. The van der Waals surface area contributed by atoms with Crippen LogP contribution in [0.2, 0.25) is 10.0 Å². The standard InChI is InChI=1S/C20H29Cl2N5O.HI/c1-6-23-20(24-10-11-28-18-9-7-8-17(21)19(18)22)25-13(2)12-16-14(3)26-27(5)15(16)4;/h7-9,13H,6,10-12H2,1-5H3,(H2,23,24,25);1H. The maximum atomic E-state index is 6.13. The molecule has 1 aromatic heterocycles. The van der Waals surface area contributed by atoms with E-state index in [0.29, 0.717) is 28.9 Å². The highest BCUT2D eigenvalue weighted by Crippen LogP contribution is 2.31. The Hall–Kier alpha value is -1.19. The Balaban J connectivity index is 0.00000420. The molecule has 0 saturated heterocycles. The molecular weight excluding hydrogens is 524 g/mol. The minimum atomic E-state index is 0. The first-order valence-corrected chi connectivity index (χ1v) is 10.2. The summed E-state index contributed by atoms with van der Waals surface area (Å²) in [6, 6.07) is 5.54. The van der Waals surface area contributed by atoms with E-state index in [1.165, 1.54) is 11.3 Å². The number of hydrogen-bond donors (Lipinski definition) is 2. The van der Waals surface area contributed by atoms with Crippen molar-refractivity contribution in [2.45, 2.75) is 40.2 Å². The number of hydrogen-bond acceptors (Lipinski definition) is 3. The summed E-state index contributed by atoms with van der Waals surface area (Å²) in [6.45, 7) is 10.0. The van der Waals surface area contributed by atoms with Crippen LogP contribution in [0.25, 0.3) is 0 Å². The molecule has 1 heterocycles. The number of nitrogens with zero attached hydrogens (tertiary/aromatic N) is 3. The summed E-state index contributed by atoms with van der Waals surface area (Å²) in [5.41, 5.74) is 3.54. The number of halogens is 3. The van der Waals surface area contributed by atoms with E-state index >= 15 is 0 Å². The zero-order valence-corrected chi connectivity index (χ0v) is 21.4. The summed E-state index contributed by atoms with van der Waals surface area (Å²) in [7, 11) is 1.97. The van der Waals surface area contributed by atoms with Gasteiger partial charge in [-0.25, -0.2) is 4.99 Å². The number of nitrogens with one attached hydrogen (secondary N) is 2. The van der Waals surface area contributed by atoms with E-state index in [-0.39, 0.29) is 30.0 Å². The summed E-state index contributed by atoms with van der Waals surface area (Å²) in [4.78, 5) is 4.58. The van der Waals surface area contributed by atoms with Crippen molar-refractivity contribution in [2.24, 2.45) is 12.0 Å².